The molecule has 3 rings (SSSR count). The molecule has 0 bridgehead atoms. The minimum atomic E-state index is -0.557. The number of rotatable bonds is 1. The van der Waals surface area contributed by atoms with Crippen molar-refractivity contribution in [3.8, 4) is 0 Å². The summed E-state index contributed by atoms with van der Waals surface area (Å²) in [5.74, 6) is -0.761. The molecule has 0 aromatic carbocycles. The Morgan fingerprint density at radius 2 is 1.95 bits per heavy atom. The van der Waals surface area contributed by atoms with Crippen LogP contribution in [0.1, 0.15) is 19.8 Å². The Labute approximate surface area is 120 Å². The van der Waals surface area contributed by atoms with Crippen molar-refractivity contribution in [2.45, 2.75) is 30.7 Å². The lowest BCUT2D eigenvalue weighted by Crippen LogP contribution is -2.58. The molecule has 8 heteroatoms. The van der Waals surface area contributed by atoms with Crippen molar-refractivity contribution < 1.29 is 19.2 Å². The topological polar surface area (TPSA) is 86.8 Å². The molecular weight excluding hydrogens is 282 g/mol. The maximum absolute atomic E-state index is 12.5. The number of carbonyl (C=O) groups is 4. The van der Waals surface area contributed by atoms with E-state index in [4.69, 9.17) is 0 Å². The van der Waals surface area contributed by atoms with E-state index in [0.29, 0.717) is 12.2 Å². The first kappa shape index (κ1) is 13.4. The van der Waals surface area contributed by atoms with Crippen LogP contribution in [0.25, 0.3) is 0 Å². The Kier molecular flexibility index (Phi) is 3.00. The molecule has 2 atom stereocenters. The molecule has 2 unspecified atom stereocenters. The van der Waals surface area contributed by atoms with Crippen LogP contribution in [-0.2, 0) is 19.2 Å². The fourth-order valence-corrected chi connectivity index (χ4v) is 4.43. The highest BCUT2D eigenvalue weighted by molar-refractivity contribution is 8.01. The summed E-state index contributed by atoms with van der Waals surface area (Å²) in [7, 11) is 0. The predicted molar refractivity (Wildman–Crippen MR) is 70.5 cm³/mol. The Morgan fingerprint density at radius 1 is 1.30 bits per heavy atom. The molecule has 0 radical (unpaired) electrons. The Morgan fingerprint density at radius 3 is 2.60 bits per heavy atom. The van der Waals surface area contributed by atoms with Crippen LogP contribution in [0.15, 0.2) is 0 Å². The van der Waals surface area contributed by atoms with Gasteiger partial charge in [-0.05, 0) is 13.3 Å². The van der Waals surface area contributed by atoms with Crippen LogP contribution in [-0.4, -0.2) is 63.2 Å². The maximum atomic E-state index is 12.5. The van der Waals surface area contributed by atoms with E-state index in [9.17, 15) is 19.2 Å². The van der Waals surface area contributed by atoms with E-state index >= 15 is 0 Å². The second kappa shape index (κ2) is 4.47. The van der Waals surface area contributed by atoms with Gasteiger partial charge in [-0.1, -0.05) is 0 Å². The van der Waals surface area contributed by atoms with Gasteiger partial charge in [0.25, 0.3) is 0 Å². The molecule has 3 fully saturated rings. The molecule has 20 heavy (non-hydrogen) atoms. The lowest BCUT2D eigenvalue weighted by molar-refractivity contribution is -0.150. The summed E-state index contributed by atoms with van der Waals surface area (Å²) in [6.07, 6.45) is 1.19. The van der Waals surface area contributed by atoms with Crippen molar-refractivity contribution in [3.63, 3.8) is 0 Å². The van der Waals surface area contributed by atoms with E-state index in [-0.39, 0.29) is 29.8 Å². The fourth-order valence-electron chi connectivity index (χ4n) is 3.01. The van der Waals surface area contributed by atoms with Gasteiger partial charge < -0.3 is 9.80 Å². The smallest absolute Gasteiger partial charge is 0.247 e. The highest BCUT2D eigenvalue weighted by Crippen LogP contribution is 2.47. The van der Waals surface area contributed by atoms with E-state index in [2.05, 4.69) is 5.32 Å². The van der Waals surface area contributed by atoms with Gasteiger partial charge in [0.15, 0.2) is 0 Å². The van der Waals surface area contributed by atoms with Crippen molar-refractivity contribution in [1.82, 2.24) is 15.1 Å². The average molecular weight is 297 g/mol. The van der Waals surface area contributed by atoms with Crippen molar-refractivity contribution in [2.24, 2.45) is 0 Å². The number of thioether (sulfide) groups is 1. The lowest BCUT2D eigenvalue weighted by Gasteiger charge is -2.33. The number of amides is 4. The molecule has 7 nitrogen and oxygen atoms in total. The lowest BCUT2D eigenvalue weighted by atomic mass is 10.2. The largest absolute Gasteiger partial charge is 0.322 e. The quantitative estimate of drug-likeness (QED) is 0.623. The number of hydrogen-bond donors (Lipinski definition) is 1. The van der Waals surface area contributed by atoms with E-state index < -0.39 is 17.9 Å². The first-order valence-corrected chi connectivity index (χ1v) is 7.47. The molecule has 0 aromatic rings. The van der Waals surface area contributed by atoms with Gasteiger partial charge in [0, 0.05) is 12.2 Å². The van der Waals surface area contributed by atoms with Gasteiger partial charge in [-0.15, -0.1) is 11.8 Å². The molecule has 4 amide bonds. The number of nitrogens with one attached hydrogen (secondary N) is 1. The molecule has 108 valence electrons. The summed E-state index contributed by atoms with van der Waals surface area (Å²) >= 11 is 1.59. The Bertz CT molecular complexity index is 507. The zero-order valence-corrected chi connectivity index (χ0v) is 11.9. The van der Waals surface area contributed by atoms with Crippen molar-refractivity contribution in [3.05, 3.63) is 0 Å². The van der Waals surface area contributed by atoms with Gasteiger partial charge in [0.1, 0.15) is 19.1 Å². The third-order valence-corrected chi connectivity index (χ3v) is 5.49. The molecule has 0 aromatic heterocycles. The Hall–Kier alpha value is -1.57. The van der Waals surface area contributed by atoms with Crippen LogP contribution in [0.2, 0.25) is 0 Å². The summed E-state index contributed by atoms with van der Waals surface area (Å²) in [5.41, 5.74) is 0. The first-order chi connectivity index (χ1) is 9.40. The summed E-state index contributed by atoms with van der Waals surface area (Å²) in [5, 5.41) is 2.16. The molecule has 0 spiro atoms. The van der Waals surface area contributed by atoms with Crippen molar-refractivity contribution >= 4 is 35.4 Å². The summed E-state index contributed by atoms with van der Waals surface area (Å²) in [6.45, 7) is 1.72. The number of piperazine rings is 1. The second-order valence-corrected chi connectivity index (χ2v) is 6.93. The third-order valence-electron chi connectivity index (χ3n) is 3.99. The van der Waals surface area contributed by atoms with Crippen LogP contribution in [0.5, 0.6) is 0 Å². The van der Waals surface area contributed by atoms with E-state index in [1.165, 1.54) is 4.90 Å². The van der Waals surface area contributed by atoms with Gasteiger partial charge in [-0.25, -0.2) is 0 Å². The van der Waals surface area contributed by atoms with Crippen LogP contribution >= 0.6 is 11.8 Å². The van der Waals surface area contributed by atoms with Crippen LogP contribution in [0.3, 0.4) is 0 Å². The van der Waals surface area contributed by atoms with Gasteiger partial charge in [-0.3, -0.25) is 24.5 Å². The number of nitrogens with zero attached hydrogens (tertiary/aromatic N) is 2. The summed E-state index contributed by atoms with van der Waals surface area (Å²) < 4.78 is 0. The van der Waals surface area contributed by atoms with Gasteiger partial charge >= 0.3 is 0 Å². The molecule has 3 aliphatic rings. The van der Waals surface area contributed by atoms with Crippen molar-refractivity contribution in [2.75, 3.05) is 18.8 Å². The van der Waals surface area contributed by atoms with Crippen LogP contribution < -0.4 is 5.32 Å². The minimum absolute atomic E-state index is 0.0244. The number of imide groups is 1. The normalized spacial score (nSPS) is 33.5. The van der Waals surface area contributed by atoms with Crippen molar-refractivity contribution in [1.29, 1.82) is 0 Å². The van der Waals surface area contributed by atoms with Crippen LogP contribution in [0.4, 0.5) is 0 Å². The monoisotopic (exact) mass is 297 g/mol. The fraction of sp³-hybridized carbons (Fsp3) is 0.667. The zero-order chi connectivity index (χ0) is 14.5. The SMILES string of the molecule is CC12CCC(=O)N1C(C(=O)N1CC(=O)NC(=O)C1)CS2. The zero-order valence-electron chi connectivity index (χ0n) is 11.0. The standard InChI is InChI=1S/C12H15N3O4S/c1-12-3-2-10(18)15(12)7(6-20-12)11(19)14-4-8(16)13-9(17)5-14/h7H,2-6H2,1H3,(H,13,16,17). The van der Waals surface area contributed by atoms with E-state index in [1.807, 2.05) is 6.92 Å². The van der Waals surface area contributed by atoms with Gasteiger partial charge in [0.2, 0.25) is 23.6 Å². The molecule has 3 saturated heterocycles. The molecule has 3 heterocycles. The molecule has 0 aliphatic carbocycles. The van der Waals surface area contributed by atoms with Gasteiger partial charge in [-0.2, -0.15) is 0 Å². The highest BCUT2D eigenvalue weighted by atomic mass is 32.2. The first-order valence-electron chi connectivity index (χ1n) is 6.48. The molecule has 0 saturated carbocycles. The summed E-state index contributed by atoms with van der Waals surface area (Å²) in [6, 6.07) is -0.557. The highest BCUT2D eigenvalue weighted by Gasteiger charge is 2.53. The van der Waals surface area contributed by atoms with Crippen LogP contribution in [0, 0.1) is 0 Å². The minimum Gasteiger partial charge on any atom is -0.322 e. The maximum Gasteiger partial charge on any atom is 0.247 e. The molecule has 3 aliphatic heterocycles. The molecule has 1 N–H and O–H groups in total. The molecular formula is C12H15N3O4S. The van der Waals surface area contributed by atoms with Gasteiger partial charge in [0.05, 0.1) is 4.87 Å². The van der Waals surface area contributed by atoms with E-state index in [1.54, 1.807) is 16.7 Å². The predicted octanol–water partition coefficient (Wildman–Crippen LogP) is -1.07. The second-order valence-electron chi connectivity index (χ2n) is 5.43. The number of fused-ring (bicyclic) bond motifs is 1. The number of carbonyl (C=O) groups excluding carboxylic acids is 4. The Balaban J connectivity index is 1.79. The summed E-state index contributed by atoms with van der Waals surface area (Å²) in [4.78, 5) is 49.7. The van der Waals surface area contributed by atoms with E-state index in [0.717, 1.165) is 6.42 Å². The number of hydrogen-bond acceptors (Lipinski definition) is 5. The third kappa shape index (κ3) is 1.98. The average Bonchev–Trinajstić information content (AvgIpc) is 2.85.